The quantitative estimate of drug-likeness (QED) is 0.0985. The second-order valence-corrected chi connectivity index (χ2v) is 8.57. The van der Waals surface area contributed by atoms with Crippen molar-refractivity contribution >= 4 is 35.6 Å². The van der Waals surface area contributed by atoms with Crippen molar-refractivity contribution in [3.8, 4) is 0 Å². The zero-order valence-electron chi connectivity index (χ0n) is 20.0. The van der Waals surface area contributed by atoms with Crippen molar-refractivity contribution < 1.29 is 44.1 Å². The van der Waals surface area contributed by atoms with E-state index in [1.165, 1.54) is 0 Å². The molecule has 0 heterocycles. The van der Waals surface area contributed by atoms with Gasteiger partial charge < -0.3 is 42.7 Å². The number of rotatable bonds is 18. The van der Waals surface area contributed by atoms with Crippen molar-refractivity contribution in [2.24, 2.45) is 17.4 Å². The fourth-order valence-corrected chi connectivity index (χ4v) is 3.08. The highest BCUT2D eigenvalue weighted by Gasteiger charge is 2.32. The normalized spacial score (nSPS) is 14.3. The van der Waals surface area contributed by atoms with Crippen LogP contribution in [0.25, 0.3) is 0 Å². The third kappa shape index (κ3) is 13.9. The summed E-state index contributed by atoms with van der Waals surface area (Å²) >= 11 is 0. The molecule has 4 atom stereocenters. The largest absolute Gasteiger partial charge is 0.481 e. The van der Waals surface area contributed by atoms with Crippen LogP contribution in [0.3, 0.4) is 0 Å². The average molecular weight is 504 g/mol. The molecule has 0 rings (SSSR count). The van der Waals surface area contributed by atoms with Gasteiger partial charge in [-0.25, -0.2) is 4.79 Å². The van der Waals surface area contributed by atoms with Crippen molar-refractivity contribution in [2.75, 3.05) is 6.54 Å². The number of carbonyl (C=O) groups is 6. The van der Waals surface area contributed by atoms with Crippen LogP contribution >= 0.6 is 0 Å². The molecule has 35 heavy (non-hydrogen) atoms. The Morgan fingerprint density at radius 3 is 1.77 bits per heavy atom. The lowest BCUT2D eigenvalue weighted by Gasteiger charge is -2.24. The minimum Gasteiger partial charge on any atom is -0.481 e. The van der Waals surface area contributed by atoms with E-state index in [-0.39, 0.29) is 25.2 Å². The van der Waals surface area contributed by atoms with E-state index in [1.54, 1.807) is 13.8 Å². The summed E-state index contributed by atoms with van der Waals surface area (Å²) in [6.07, 6.45) is -0.214. The molecule has 4 unspecified atom stereocenters. The molecule has 0 saturated carbocycles. The molecular formula is C21H37N5O9. The second-order valence-electron chi connectivity index (χ2n) is 8.57. The summed E-state index contributed by atoms with van der Waals surface area (Å²) in [6, 6.07) is -5.40. The van der Waals surface area contributed by atoms with E-state index in [0.717, 1.165) is 0 Å². The van der Waals surface area contributed by atoms with Crippen molar-refractivity contribution in [3.63, 3.8) is 0 Å². The maximum Gasteiger partial charge on any atom is 0.326 e. The van der Waals surface area contributed by atoms with E-state index in [1.807, 2.05) is 0 Å². The third-order valence-corrected chi connectivity index (χ3v) is 4.92. The lowest BCUT2D eigenvalue weighted by atomic mass is 10.0. The maximum absolute atomic E-state index is 12.8. The Kier molecular flexibility index (Phi) is 14.9. The Balaban J connectivity index is 5.52. The van der Waals surface area contributed by atoms with Gasteiger partial charge in [-0.3, -0.25) is 24.0 Å². The number of hydrogen-bond donors (Lipinski definition) is 8. The number of nitrogens with two attached hydrogens (primary N) is 2. The van der Waals surface area contributed by atoms with Gasteiger partial charge in [0.1, 0.15) is 18.1 Å². The van der Waals surface area contributed by atoms with Crippen LogP contribution in [-0.4, -0.2) is 81.7 Å². The summed E-state index contributed by atoms with van der Waals surface area (Å²) < 4.78 is 0. The van der Waals surface area contributed by atoms with Crippen LogP contribution < -0.4 is 27.4 Å². The molecule has 0 aliphatic rings. The maximum atomic E-state index is 12.8. The summed E-state index contributed by atoms with van der Waals surface area (Å²) in [6.45, 7) is 3.87. The molecule has 0 aromatic rings. The molecule has 10 N–H and O–H groups in total. The smallest absolute Gasteiger partial charge is 0.326 e. The van der Waals surface area contributed by atoms with Crippen LogP contribution in [0.5, 0.6) is 0 Å². The molecule has 14 nitrogen and oxygen atoms in total. The van der Waals surface area contributed by atoms with Gasteiger partial charge in [-0.05, 0) is 38.1 Å². The number of carbonyl (C=O) groups excluding carboxylic acids is 3. The molecule has 0 bridgehead atoms. The number of nitrogens with one attached hydrogen (secondary N) is 3. The number of unbranched alkanes of at least 4 members (excludes halogenated alkanes) is 1. The number of hydrogen-bond acceptors (Lipinski definition) is 8. The highest BCUT2D eigenvalue weighted by atomic mass is 16.4. The molecule has 0 radical (unpaired) electrons. The van der Waals surface area contributed by atoms with Gasteiger partial charge in [0.15, 0.2) is 0 Å². The van der Waals surface area contributed by atoms with Crippen LogP contribution in [0.1, 0.15) is 58.8 Å². The molecular weight excluding hydrogens is 466 g/mol. The Bertz CT molecular complexity index is 759. The van der Waals surface area contributed by atoms with E-state index in [0.29, 0.717) is 19.4 Å². The molecule has 0 aromatic heterocycles. The highest BCUT2D eigenvalue weighted by molar-refractivity contribution is 5.95. The first-order valence-electron chi connectivity index (χ1n) is 11.3. The van der Waals surface area contributed by atoms with Gasteiger partial charge in [0.05, 0.1) is 12.5 Å². The number of carboxylic acid groups (broad SMARTS) is 3. The lowest BCUT2D eigenvalue weighted by Crippen LogP contribution is -2.57. The van der Waals surface area contributed by atoms with Crippen LogP contribution in [0.15, 0.2) is 0 Å². The van der Waals surface area contributed by atoms with Crippen LogP contribution in [0.2, 0.25) is 0 Å². The molecule has 0 aliphatic heterocycles. The van der Waals surface area contributed by atoms with Crippen molar-refractivity contribution in [1.29, 1.82) is 0 Å². The monoisotopic (exact) mass is 503 g/mol. The standard InChI is InChI=1S/C21H37N5O9/c1-11(2)9-15(21(34)35)26-20(33)14(10-17(29)30)25-19(32)13(6-7-16(27)28)24-18(31)12(23)5-3-4-8-22/h11-15H,3-10,22-23H2,1-2H3,(H,24,31)(H,25,32)(H,26,33)(H,27,28)(H,29,30)(H,34,35). The fraction of sp³-hybridized carbons (Fsp3) is 0.714. The van der Waals surface area contributed by atoms with Gasteiger partial charge in [0.2, 0.25) is 17.7 Å². The summed E-state index contributed by atoms with van der Waals surface area (Å²) in [4.78, 5) is 71.5. The zero-order valence-corrected chi connectivity index (χ0v) is 20.0. The van der Waals surface area contributed by atoms with Gasteiger partial charge in [0, 0.05) is 6.42 Å². The summed E-state index contributed by atoms with van der Waals surface area (Å²) in [5, 5.41) is 34.2. The molecule has 0 saturated heterocycles. The van der Waals surface area contributed by atoms with Crippen LogP contribution in [-0.2, 0) is 28.8 Å². The van der Waals surface area contributed by atoms with Gasteiger partial charge in [0.25, 0.3) is 0 Å². The predicted molar refractivity (Wildman–Crippen MR) is 123 cm³/mol. The third-order valence-electron chi connectivity index (χ3n) is 4.92. The van der Waals surface area contributed by atoms with Crippen molar-refractivity contribution in [1.82, 2.24) is 16.0 Å². The van der Waals surface area contributed by atoms with Gasteiger partial charge >= 0.3 is 17.9 Å². The second kappa shape index (κ2) is 16.4. The first-order valence-corrected chi connectivity index (χ1v) is 11.3. The number of aliphatic carboxylic acids is 3. The van der Waals surface area contributed by atoms with Gasteiger partial charge in [-0.15, -0.1) is 0 Å². The molecule has 3 amide bonds. The molecule has 200 valence electrons. The average Bonchev–Trinajstić information content (AvgIpc) is 2.74. The Morgan fingerprint density at radius 2 is 1.29 bits per heavy atom. The minimum absolute atomic E-state index is 0.0636. The van der Waals surface area contributed by atoms with Crippen LogP contribution in [0.4, 0.5) is 0 Å². The van der Waals surface area contributed by atoms with E-state index in [9.17, 15) is 33.9 Å². The lowest BCUT2D eigenvalue weighted by molar-refractivity contribution is -0.144. The summed E-state index contributed by atoms with van der Waals surface area (Å²) in [5.74, 6) is -6.91. The van der Waals surface area contributed by atoms with Gasteiger partial charge in [-0.2, -0.15) is 0 Å². The minimum atomic E-state index is -1.67. The van der Waals surface area contributed by atoms with E-state index >= 15 is 0 Å². The Morgan fingerprint density at radius 1 is 0.743 bits per heavy atom. The summed E-state index contributed by atoms with van der Waals surface area (Å²) in [5.41, 5.74) is 11.2. The van der Waals surface area contributed by atoms with E-state index < -0.39 is 72.6 Å². The molecule has 0 aromatic carbocycles. The van der Waals surface area contributed by atoms with Crippen LogP contribution in [0, 0.1) is 5.92 Å². The molecule has 0 spiro atoms. The SMILES string of the molecule is CC(C)CC(NC(=O)C(CC(=O)O)NC(=O)C(CCC(=O)O)NC(=O)C(N)CCCCN)C(=O)O. The van der Waals surface area contributed by atoms with Crippen molar-refractivity contribution in [2.45, 2.75) is 83.0 Å². The van der Waals surface area contributed by atoms with Crippen molar-refractivity contribution in [3.05, 3.63) is 0 Å². The number of carboxylic acids is 3. The first-order chi connectivity index (χ1) is 16.3. The Hall–Kier alpha value is -3.26. The highest BCUT2D eigenvalue weighted by Crippen LogP contribution is 2.07. The number of amides is 3. The van der Waals surface area contributed by atoms with E-state index in [2.05, 4.69) is 16.0 Å². The van der Waals surface area contributed by atoms with E-state index in [4.69, 9.17) is 21.7 Å². The fourth-order valence-electron chi connectivity index (χ4n) is 3.08. The summed E-state index contributed by atoms with van der Waals surface area (Å²) in [7, 11) is 0. The predicted octanol–water partition coefficient (Wildman–Crippen LogP) is -1.63. The van der Waals surface area contributed by atoms with Gasteiger partial charge in [-0.1, -0.05) is 20.3 Å². The molecule has 0 aliphatic carbocycles. The zero-order chi connectivity index (χ0) is 27.1. The topological polar surface area (TPSA) is 251 Å². The molecule has 14 heteroatoms. The molecule has 0 fully saturated rings. The first kappa shape index (κ1) is 31.7. The Labute approximate surface area is 203 Å².